The molecule has 0 bridgehead atoms. The number of aromatic nitrogens is 2. The van der Waals surface area contributed by atoms with Gasteiger partial charge in [-0.15, -0.1) is 0 Å². The fraction of sp³-hybridized carbons (Fsp3) is 0.562. The van der Waals surface area contributed by atoms with Gasteiger partial charge >= 0.3 is 0 Å². The number of rotatable bonds is 5. The van der Waals surface area contributed by atoms with Gasteiger partial charge in [-0.3, -0.25) is 9.59 Å². The van der Waals surface area contributed by atoms with E-state index in [1.54, 1.807) is 11.1 Å². The maximum absolute atomic E-state index is 12.6. The topological polar surface area (TPSA) is 58.4 Å². The van der Waals surface area contributed by atoms with Crippen molar-refractivity contribution in [2.24, 2.45) is 12.5 Å². The second-order valence-electron chi connectivity index (χ2n) is 6.37. The van der Waals surface area contributed by atoms with Crippen LogP contribution in [0.2, 0.25) is 0 Å². The summed E-state index contributed by atoms with van der Waals surface area (Å²) in [6.45, 7) is 10.8. The first-order valence-corrected chi connectivity index (χ1v) is 7.49. The van der Waals surface area contributed by atoms with Gasteiger partial charge in [0.25, 0.3) is 0 Å². The third kappa shape index (κ3) is 2.77. The zero-order valence-electron chi connectivity index (χ0n) is 13.7. The highest BCUT2D eigenvalue weighted by Gasteiger charge is 2.50. The average molecular weight is 304 g/mol. The van der Waals surface area contributed by atoms with Crippen molar-refractivity contribution in [1.82, 2.24) is 19.4 Å². The fourth-order valence-electron chi connectivity index (χ4n) is 3.02. The Bertz CT molecular complexity index is 591. The summed E-state index contributed by atoms with van der Waals surface area (Å²) in [5, 5.41) is 0. The van der Waals surface area contributed by atoms with Crippen LogP contribution in [0.15, 0.2) is 25.0 Å². The van der Waals surface area contributed by atoms with E-state index in [9.17, 15) is 9.59 Å². The number of likely N-dealkylation sites (N-methyl/N-ethyl adjacent to an activating group) is 1. The van der Waals surface area contributed by atoms with E-state index < -0.39 is 0 Å². The van der Waals surface area contributed by atoms with Crippen LogP contribution in [0.3, 0.4) is 0 Å². The molecule has 6 nitrogen and oxygen atoms in total. The molecule has 1 aliphatic heterocycles. The molecule has 2 rings (SSSR count). The van der Waals surface area contributed by atoms with Crippen molar-refractivity contribution < 1.29 is 9.59 Å². The molecule has 0 radical (unpaired) electrons. The van der Waals surface area contributed by atoms with Gasteiger partial charge in [0.15, 0.2) is 0 Å². The lowest BCUT2D eigenvalue weighted by Gasteiger charge is -2.53. The highest BCUT2D eigenvalue weighted by Crippen LogP contribution is 2.47. The number of aryl methyl sites for hydroxylation is 1. The molecule has 1 atom stereocenters. The third-order valence-electron chi connectivity index (χ3n) is 4.25. The molecule has 120 valence electrons. The number of hydrogen-bond donors (Lipinski definition) is 0. The van der Waals surface area contributed by atoms with Crippen molar-refractivity contribution in [2.45, 2.75) is 26.8 Å². The normalized spacial score (nSPS) is 19.5. The summed E-state index contributed by atoms with van der Waals surface area (Å²) in [7, 11) is 1.93. The quantitative estimate of drug-likeness (QED) is 0.772. The van der Waals surface area contributed by atoms with Gasteiger partial charge < -0.3 is 14.4 Å². The lowest BCUT2D eigenvalue weighted by Crippen LogP contribution is -2.60. The molecule has 2 heterocycles. The van der Waals surface area contributed by atoms with Gasteiger partial charge in [0.05, 0.1) is 6.04 Å². The van der Waals surface area contributed by atoms with E-state index in [0.717, 1.165) is 5.82 Å². The van der Waals surface area contributed by atoms with E-state index in [1.165, 1.54) is 11.0 Å². The molecule has 0 spiro atoms. The Morgan fingerprint density at radius 2 is 2.23 bits per heavy atom. The summed E-state index contributed by atoms with van der Waals surface area (Å²) < 4.78 is 1.94. The standard InChI is InChI=1S/C16H24N4O2/c1-6-12(21)19(7-2)10-13(22)20-11-16(3,4)14(20)15-17-8-9-18(15)5/h6,8-9,14H,1,7,10-11H2,2-5H3. The molecule has 1 fully saturated rings. The minimum atomic E-state index is -0.218. The molecular weight excluding hydrogens is 280 g/mol. The van der Waals surface area contributed by atoms with Crippen molar-refractivity contribution >= 4 is 11.8 Å². The van der Waals surface area contributed by atoms with E-state index in [0.29, 0.717) is 13.1 Å². The highest BCUT2D eigenvalue weighted by molar-refractivity contribution is 5.91. The van der Waals surface area contributed by atoms with Crippen LogP contribution >= 0.6 is 0 Å². The molecule has 1 aromatic rings. The minimum Gasteiger partial charge on any atom is -0.336 e. The molecule has 1 unspecified atom stereocenters. The van der Waals surface area contributed by atoms with E-state index in [4.69, 9.17) is 0 Å². The van der Waals surface area contributed by atoms with Gasteiger partial charge in [0.1, 0.15) is 12.4 Å². The maximum Gasteiger partial charge on any atom is 0.246 e. The SMILES string of the molecule is C=CC(=O)N(CC)CC(=O)N1CC(C)(C)C1c1nccn1C. The Morgan fingerprint density at radius 1 is 1.55 bits per heavy atom. The fourth-order valence-corrected chi connectivity index (χ4v) is 3.02. The number of carbonyl (C=O) groups is 2. The first kappa shape index (κ1) is 16.3. The van der Waals surface area contributed by atoms with E-state index >= 15 is 0 Å². The molecule has 0 N–H and O–H groups in total. The van der Waals surface area contributed by atoms with E-state index in [2.05, 4.69) is 25.4 Å². The highest BCUT2D eigenvalue weighted by atomic mass is 16.2. The zero-order chi connectivity index (χ0) is 16.5. The molecular formula is C16H24N4O2. The number of imidazole rings is 1. The largest absolute Gasteiger partial charge is 0.336 e. The lowest BCUT2D eigenvalue weighted by atomic mass is 9.74. The first-order valence-electron chi connectivity index (χ1n) is 7.49. The smallest absolute Gasteiger partial charge is 0.246 e. The molecule has 2 amide bonds. The summed E-state index contributed by atoms with van der Waals surface area (Å²) in [5.41, 5.74) is -0.0196. The van der Waals surface area contributed by atoms with E-state index in [-0.39, 0.29) is 29.8 Å². The molecule has 0 aromatic carbocycles. The van der Waals surface area contributed by atoms with Gasteiger partial charge in [-0.2, -0.15) is 0 Å². The Balaban J connectivity index is 2.15. The van der Waals surface area contributed by atoms with Crippen LogP contribution in [0.5, 0.6) is 0 Å². The third-order valence-corrected chi connectivity index (χ3v) is 4.25. The van der Waals surface area contributed by atoms with Gasteiger partial charge in [-0.1, -0.05) is 20.4 Å². The van der Waals surface area contributed by atoms with Crippen molar-refractivity contribution in [3.63, 3.8) is 0 Å². The molecule has 6 heteroatoms. The number of hydrogen-bond acceptors (Lipinski definition) is 3. The van der Waals surface area contributed by atoms with E-state index in [1.807, 2.05) is 24.7 Å². The molecule has 0 aliphatic carbocycles. The Kier molecular flexibility index (Phi) is 4.39. The molecule has 1 saturated heterocycles. The predicted molar refractivity (Wildman–Crippen MR) is 83.9 cm³/mol. The van der Waals surface area contributed by atoms with Crippen LogP contribution in [-0.4, -0.2) is 50.8 Å². The second-order valence-corrected chi connectivity index (χ2v) is 6.37. The van der Waals surface area contributed by atoms with Crippen LogP contribution in [0.4, 0.5) is 0 Å². The zero-order valence-corrected chi connectivity index (χ0v) is 13.7. The maximum atomic E-state index is 12.6. The predicted octanol–water partition coefficient (Wildman–Crippen LogP) is 1.36. The van der Waals surface area contributed by atoms with Gasteiger partial charge in [0, 0.05) is 37.9 Å². The number of likely N-dealkylation sites (tertiary alicyclic amines) is 1. The first-order chi connectivity index (χ1) is 10.3. The number of amides is 2. The summed E-state index contributed by atoms with van der Waals surface area (Å²) in [5.74, 6) is 0.608. The minimum absolute atomic E-state index is 0.0196. The van der Waals surface area contributed by atoms with Gasteiger partial charge in [-0.25, -0.2) is 4.98 Å². The second kappa shape index (κ2) is 5.94. The summed E-state index contributed by atoms with van der Waals surface area (Å²) in [4.78, 5) is 32.0. The average Bonchev–Trinajstić information content (AvgIpc) is 2.87. The Hall–Kier alpha value is -2.11. The number of carbonyl (C=O) groups excluding carboxylic acids is 2. The number of nitrogens with zero attached hydrogens (tertiary/aromatic N) is 4. The lowest BCUT2D eigenvalue weighted by molar-refractivity contribution is -0.156. The summed E-state index contributed by atoms with van der Waals surface area (Å²) >= 11 is 0. The van der Waals surface area contributed by atoms with Crippen molar-refractivity contribution in [2.75, 3.05) is 19.6 Å². The summed E-state index contributed by atoms with van der Waals surface area (Å²) in [6.07, 6.45) is 4.87. The van der Waals surface area contributed by atoms with Gasteiger partial charge in [-0.05, 0) is 13.0 Å². The van der Waals surface area contributed by atoms with Crippen LogP contribution in [0, 0.1) is 5.41 Å². The van der Waals surface area contributed by atoms with Crippen LogP contribution in [0.1, 0.15) is 32.6 Å². The molecule has 22 heavy (non-hydrogen) atoms. The van der Waals surface area contributed by atoms with Crippen molar-refractivity contribution in [3.8, 4) is 0 Å². The van der Waals surface area contributed by atoms with Crippen LogP contribution in [0.25, 0.3) is 0 Å². The monoisotopic (exact) mass is 304 g/mol. The van der Waals surface area contributed by atoms with Crippen molar-refractivity contribution in [1.29, 1.82) is 0 Å². The molecule has 1 aliphatic rings. The van der Waals surface area contributed by atoms with Gasteiger partial charge in [0.2, 0.25) is 11.8 Å². The molecule has 1 aromatic heterocycles. The summed E-state index contributed by atoms with van der Waals surface area (Å²) in [6, 6.07) is -0.0578. The van der Waals surface area contributed by atoms with Crippen LogP contribution < -0.4 is 0 Å². The Morgan fingerprint density at radius 3 is 2.68 bits per heavy atom. The Labute approximate surface area is 131 Å². The molecule has 0 saturated carbocycles. The van der Waals surface area contributed by atoms with Crippen molar-refractivity contribution in [3.05, 3.63) is 30.9 Å². The van der Waals surface area contributed by atoms with Crippen LogP contribution in [-0.2, 0) is 16.6 Å².